The van der Waals surface area contributed by atoms with E-state index in [2.05, 4.69) is 11.9 Å². The zero-order chi connectivity index (χ0) is 19.4. The van der Waals surface area contributed by atoms with Gasteiger partial charge in [-0.15, -0.1) is 0 Å². The minimum atomic E-state index is -0.375. The summed E-state index contributed by atoms with van der Waals surface area (Å²) in [7, 11) is 0. The molecule has 1 aromatic carbocycles. The highest BCUT2D eigenvalue weighted by atomic mass is 35.5. The predicted molar refractivity (Wildman–Crippen MR) is 107 cm³/mol. The number of esters is 1. The monoisotopic (exact) mass is 387 g/mol. The molecule has 0 amide bonds. The molecule has 1 aliphatic carbocycles. The number of ketones is 1. The smallest absolute Gasteiger partial charge is 0.355 e. The summed E-state index contributed by atoms with van der Waals surface area (Å²) in [6.45, 7) is 4.38. The molecule has 0 saturated carbocycles. The van der Waals surface area contributed by atoms with Crippen LogP contribution in [0.5, 0.6) is 0 Å². The number of hydrogen-bond donors (Lipinski definition) is 1. The van der Waals surface area contributed by atoms with Crippen molar-refractivity contribution >= 4 is 23.4 Å². The van der Waals surface area contributed by atoms with Crippen LogP contribution in [0.4, 0.5) is 0 Å². The highest BCUT2D eigenvalue weighted by molar-refractivity contribution is 6.31. The van der Waals surface area contributed by atoms with Gasteiger partial charge < -0.3 is 9.72 Å². The van der Waals surface area contributed by atoms with Gasteiger partial charge >= 0.3 is 5.97 Å². The first kappa shape index (κ1) is 19.7. The van der Waals surface area contributed by atoms with Crippen LogP contribution in [0.1, 0.15) is 82.6 Å². The van der Waals surface area contributed by atoms with E-state index in [0.717, 1.165) is 36.9 Å². The van der Waals surface area contributed by atoms with Gasteiger partial charge in [-0.25, -0.2) is 4.79 Å². The van der Waals surface area contributed by atoms with Crippen molar-refractivity contribution in [3.8, 4) is 0 Å². The lowest BCUT2D eigenvalue weighted by molar-refractivity contribution is 0.0490. The van der Waals surface area contributed by atoms with Crippen molar-refractivity contribution in [2.24, 2.45) is 0 Å². The molecule has 27 heavy (non-hydrogen) atoms. The van der Waals surface area contributed by atoms with Crippen molar-refractivity contribution in [3.63, 3.8) is 0 Å². The second kappa shape index (κ2) is 8.75. The lowest BCUT2D eigenvalue weighted by Crippen LogP contribution is -2.18. The number of rotatable bonds is 7. The third-order valence-corrected chi connectivity index (χ3v) is 5.61. The van der Waals surface area contributed by atoms with E-state index in [1.165, 1.54) is 0 Å². The molecule has 0 saturated heterocycles. The van der Waals surface area contributed by atoms with Crippen LogP contribution in [0.25, 0.3) is 0 Å². The molecule has 0 spiro atoms. The van der Waals surface area contributed by atoms with Gasteiger partial charge in [-0.3, -0.25) is 4.79 Å². The molecular weight excluding hydrogens is 362 g/mol. The number of Topliss-reactive ketones (excluding diaryl/α,β-unsaturated/α-hetero) is 1. The second-order valence-corrected chi connectivity index (χ2v) is 7.63. The molecule has 4 nitrogen and oxygen atoms in total. The molecule has 1 aliphatic rings. The van der Waals surface area contributed by atoms with Crippen LogP contribution in [0, 0.1) is 6.92 Å². The van der Waals surface area contributed by atoms with Crippen LogP contribution >= 0.6 is 11.6 Å². The van der Waals surface area contributed by atoms with E-state index in [-0.39, 0.29) is 17.7 Å². The van der Waals surface area contributed by atoms with Crippen molar-refractivity contribution in [2.45, 2.75) is 58.3 Å². The van der Waals surface area contributed by atoms with E-state index in [0.29, 0.717) is 41.3 Å². The maximum atomic E-state index is 12.8. The summed E-state index contributed by atoms with van der Waals surface area (Å²) < 4.78 is 5.40. The minimum Gasteiger partial charge on any atom is -0.461 e. The first-order valence-corrected chi connectivity index (χ1v) is 10.1. The zero-order valence-corrected chi connectivity index (χ0v) is 16.7. The Morgan fingerprint density at radius 3 is 2.74 bits per heavy atom. The van der Waals surface area contributed by atoms with Crippen molar-refractivity contribution in [1.82, 2.24) is 4.98 Å². The van der Waals surface area contributed by atoms with E-state index in [1.54, 1.807) is 0 Å². The van der Waals surface area contributed by atoms with Gasteiger partial charge in [-0.05, 0) is 42.9 Å². The molecule has 1 atom stereocenters. The van der Waals surface area contributed by atoms with E-state index < -0.39 is 0 Å². The minimum absolute atomic E-state index is 0.0228. The van der Waals surface area contributed by atoms with Crippen molar-refractivity contribution in [2.75, 3.05) is 6.61 Å². The molecule has 5 heteroatoms. The van der Waals surface area contributed by atoms with Gasteiger partial charge in [0.2, 0.25) is 0 Å². The number of carbonyl (C=O) groups is 2. The molecule has 1 heterocycles. The summed E-state index contributed by atoms with van der Waals surface area (Å²) in [6, 6.07) is 7.63. The SMILES string of the molecule is CCCCCCOC(=O)c1[nH]c2c(c1C)C(=O)CC(c1ccccc1Cl)C2. The molecule has 2 aromatic rings. The largest absolute Gasteiger partial charge is 0.461 e. The Morgan fingerprint density at radius 2 is 2.00 bits per heavy atom. The Balaban J connectivity index is 1.75. The standard InChI is InChI=1S/C22H26ClNO3/c1-3-4-5-8-11-27-22(26)21-14(2)20-18(24-21)12-15(13-19(20)25)16-9-6-7-10-17(16)23/h6-7,9-10,15,24H,3-5,8,11-13H2,1-2H3. The van der Waals surface area contributed by atoms with Gasteiger partial charge in [-0.2, -0.15) is 0 Å². The number of ether oxygens (including phenoxy) is 1. The van der Waals surface area contributed by atoms with Crippen molar-refractivity contribution in [3.05, 3.63) is 57.4 Å². The predicted octanol–water partition coefficient (Wildman–Crippen LogP) is 5.63. The van der Waals surface area contributed by atoms with Crippen LogP contribution in [0.2, 0.25) is 5.02 Å². The van der Waals surface area contributed by atoms with Gasteiger partial charge in [-0.1, -0.05) is 56.0 Å². The highest BCUT2D eigenvalue weighted by Gasteiger charge is 2.32. The van der Waals surface area contributed by atoms with Gasteiger partial charge in [0.05, 0.1) is 6.61 Å². The van der Waals surface area contributed by atoms with E-state index in [9.17, 15) is 9.59 Å². The Morgan fingerprint density at radius 1 is 1.22 bits per heavy atom. The van der Waals surface area contributed by atoms with Crippen molar-refractivity contribution < 1.29 is 14.3 Å². The maximum Gasteiger partial charge on any atom is 0.355 e. The van der Waals surface area contributed by atoms with Crippen LogP contribution < -0.4 is 0 Å². The summed E-state index contributed by atoms with van der Waals surface area (Å²) >= 11 is 6.32. The lowest BCUT2D eigenvalue weighted by Gasteiger charge is -2.22. The van der Waals surface area contributed by atoms with Crippen LogP contribution in [-0.4, -0.2) is 23.3 Å². The average Bonchev–Trinajstić information content (AvgIpc) is 2.99. The van der Waals surface area contributed by atoms with Gasteiger partial charge in [0, 0.05) is 22.7 Å². The Bertz CT molecular complexity index is 840. The van der Waals surface area contributed by atoms with Gasteiger partial charge in [0.1, 0.15) is 5.69 Å². The molecule has 1 unspecified atom stereocenters. The third-order valence-electron chi connectivity index (χ3n) is 5.27. The molecular formula is C22H26ClNO3. The molecule has 3 rings (SSSR count). The first-order valence-electron chi connectivity index (χ1n) is 9.69. The Hall–Kier alpha value is -2.07. The number of nitrogens with one attached hydrogen (secondary N) is 1. The van der Waals surface area contributed by atoms with Gasteiger partial charge in [0.15, 0.2) is 5.78 Å². The molecule has 1 aromatic heterocycles. The number of fused-ring (bicyclic) bond motifs is 1. The molecule has 144 valence electrons. The van der Waals surface area contributed by atoms with E-state index in [4.69, 9.17) is 16.3 Å². The summed E-state index contributed by atoms with van der Waals surface area (Å²) in [5.41, 5.74) is 3.54. The fourth-order valence-corrected chi connectivity index (χ4v) is 4.12. The number of aromatic nitrogens is 1. The summed E-state index contributed by atoms with van der Waals surface area (Å²) in [5.74, 6) is -0.299. The van der Waals surface area contributed by atoms with Crippen LogP contribution in [0.15, 0.2) is 24.3 Å². The number of halogens is 1. The maximum absolute atomic E-state index is 12.8. The number of carbonyl (C=O) groups excluding carboxylic acids is 2. The van der Waals surface area contributed by atoms with E-state index in [1.807, 2.05) is 31.2 Å². The number of benzene rings is 1. The first-order chi connectivity index (χ1) is 13.0. The Labute approximate surface area is 165 Å². The molecule has 0 aliphatic heterocycles. The summed E-state index contributed by atoms with van der Waals surface area (Å²) in [4.78, 5) is 28.4. The van der Waals surface area contributed by atoms with Crippen molar-refractivity contribution in [1.29, 1.82) is 0 Å². The number of aromatic amines is 1. The molecule has 0 fully saturated rings. The molecule has 0 bridgehead atoms. The summed E-state index contributed by atoms with van der Waals surface area (Å²) in [6.07, 6.45) is 5.28. The Kier molecular flexibility index (Phi) is 6.38. The fraction of sp³-hybridized carbons (Fsp3) is 0.455. The van der Waals surface area contributed by atoms with E-state index >= 15 is 0 Å². The van der Waals surface area contributed by atoms with Crippen LogP contribution in [-0.2, 0) is 11.2 Å². The number of hydrogen-bond acceptors (Lipinski definition) is 3. The summed E-state index contributed by atoms with van der Waals surface area (Å²) in [5, 5.41) is 0.675. The average molecular weight is 388 g/mol. The second-order valence-electron chi connectivity index (χ2n) is 7.22. The molecule has 1 N–H and O–H groups in total. The fourth-order valence-electron chi connectivity index (χ4n) is 3.83. The normalized spacial score (nSPS) is 16.3. The molecule has 0 radical (unpaired) electrons. The quantitative estimate of drug-likeness (QED) is 0.495. The third kappa shape index (κ3) is 4.27. The van der Waals surface area contributed by atoms with Gasteiger partial charge in [0.25, 0.3) is 0 Å². The highest BCUT2D eigenvalue weighted by Crippen LogP contribution is 2.37. The van der Waals surface area contributed by atoms with Crippen LogP contribution in [0.3, 0.4) is 0 Å². The number of H-pyrrole nitrogens is 1. The zero-order valence-electron chi connectivity index (χ0n) is 15.9. The lowest BCUT2D eigenvalue weighted by atomic mass is 9.81. The topological polar surface area (TPSA) is 59.2 Å². The number of unbranched alkanes of at least 4 members (excludes halogenated alkanes) is 3.